The van der Waals surface area contributed by atoms with E-state index in [2.05, 4.69) is 24.7 Å². The summed E-state index contributed by atoms with van der Waals surface area (Å²) in [7, 11) is -1.95. The van der Waals surface area contributed by atoms with Crippen LogP contribution in [0.25, 0.3) is 0 Å². The largest absolute Gasteiger partial charge is 0.373 e. The lowest BCUT2D eigenvalue weighted by Crippen LogP contribution is -2.12. The van der Waals surface area contributed by atoms with Crippen molar-refractivity contribution in [3.63, 3.8) is 0 Å². The van der Waals surface area contributed by atoms with Crippen molar-refractivity contribution >= 4 is 21.5 Å². The maximum absolute atomic E-state index is 11.9. The first-order chi connectivity index (χ1) is 8.12. The molecule has 0 atom stereocenters. The van der Waals surface area contributed by atoms with Gasteiger partial charge in [0.25, 0.3) is 10.0 Å². The Labute approximate surface area is 97.9 Å². The van der Waals surface area contributed by atoms with Crippen molar-refractivity contribution in [2.75, 3.05) is 17.1 Å². The van der Waals surface area contributed by atoms with Gasteiger partial charge in [-0.15, -0.1) is 0 Å². The number of aromatic nitrogens is 2. The third kappa shape index (κ3) is 2.53. The first-order valence-corrected chi connectivity index (χ1v) is 6.16. The molecule has 2 aromatic heterocycles. The topological polar surface area (TPSA) is 97.1 Å². The summed E-state index contributed by atoms with van der Waals surface area (Å²) < 4.78 is 30.6. The average Bonchev–Trinajstić information content (AvgIpc) is 2.81. The van der Waals surface area contributed by atoms with Gasteiger partial charge in [0.1, 0.15) is 22.7 Å². The van der Waals surface area contributed by atoms with E-state index in [0.29, 0.717) is 5.82 Å². The van der Waals surface area contributed by atoms with E-state index < -0.39 is 10.0 Å². The Morgan fingerprint density at radius 2 is 2.12 bits per heavy atom. The average molecular weight is 254 g/mol. The number of nitrogens with one attached hydrogen (secondary N) is 2. The standard InChI is InChI=1S/C9H10N4O3S/c1-10-9-3-2-8(5-11-9)17(14,15)13-7-4-12-16-6-7/h2-6,13H,1H3,(H,10,11). The summed E-state index contributed by atoms with van der Waals surface area (Å²) in [5.74, 6) is 0.592. The van der Waals surface area contributed by atoms with E-state index >= 15 is 0 Å². The molecule has 17 heavy (non-hydrogen) atoms. The van der Waals surface area contributed by atoms with Crippen molar-refractivity contribution in [1.82, 2.24) is 10.1 Å². The van der Waals surface area contributed by atoms with Crippen LogP contribution in [0.1, 0.15) is 0 Å². The molecule has 0 amide bonds. The Bertz CT molecular complexity index is 577. The highest BCUT2D eigenvalue weighted by Crippen LogP contribution is 2.15. The second-order valence-corrected chi connectivity index (χ2v) is 4.83. The van der Waals surface area contributed by atoms with Crippen molar-refractivity contribution in [3.05, 3.63) is 30.8 Å². The van der Waals surface area contributed by atoms with E-state index in [1.807, 2.05) is 0 Å². The molecule has 2 N–H and O–H groups in total. The molecule has 2 heterocycles. The summed E-state index contributed by atoms with van der Waals surface area (Å²) in [5.41, 5.74) is 0.266. The summed E-state index contributed by atoms with van der Waals surface area (Å²) in [6.45, 7) is 0. The highest BCUT2D eigenvalue weighted by molar-refractivity contribution is 7.92. The maximum atomic E-state index is 11.9. The normalized spacial score (nSPS) is 11.1. The lowest BCUT2D eigenvalue weighted by Gasteiger charge is -2.05. The predicted octanol–water partition coefficient (Wildman–Crippen LogP) is 0.912. The molecule has 0 aromatic carbocycles. The van der Waals surface area contributed by atoms with Crippen molar-refractivity contribution in [3.8, 4) is 0 Å². The molecule has 2 aromatic rings. The molecular weight excluding hydrogens is 244 g/mol. The zero-order valence-electron chi connectivity index (χ0n) is 8.91. The summed E-state index contributed by atoms with van der Waals surface area (Å²) in [6, 6.07) is 3.02. The van der Waals surface area contributed by atoms with Gasteiger partial charge in [0.2, 0.25) is 0 Å². The van der Waals surface area contributed by atoms with Crippen molar-refractivity contribution in [2.24, 2.45) is 0 Å². The molecule has 0 unspecified atom stereocenters. The van der Waals surface area contributed by atoms with Crippen LogP contribution in [0.2, 0.25) is 0 Å². The van der Waals surface area contributed by atoms with Crippen LogP contribution in [0.15, 0.2) is 40.2 Å². The maximum Gasteiger partial charge on any atom is 0.263 e. The van der Waals surface area contributed by atoms with Gasteiger partial charge in [0.15, 0.2) is 0 Å². The van der Waals surface area contributed by atoms with E-state index in [4.69, 9.17) is 0 Å². The van der Waals surface area contributed by atoms with Crippen molar-refractivity contribution in [1.29, 1.82) is 0 Å². The summed E-state index contributed by atoms with van der Waals surface area (Å²) in [5, 5.41) is 6.20. The number of anilines is 2. The van der Waals surface area contributed by atoms with Gasteiger partial charge in [-0.05, 0) is 12.1 Å². The van der Waals surface area contributed by atoms with Gasteiger partial charge in [-0.3, -0.25) is 4.72 Å². The number of pyridine rings is 1. The molecule has 0 saturated heterocycles. The van der Waals surface area contributed by atoms with Crippen LogP contribution >= 0.6 is 0 Å². The van der Waals surface area contributed by atoms with Gasteiger partial charge in [-0.2, -0.15) is 0 Å². The predicted molar refractivity (Wildman–Crippen MR) is 61.1 cm³/mol. The monoisotopic (exact) mass is 254 g/mol. The van der Waals surface area contributed by atoms with Crippen LogP contribution in [0.3, 0.4) is 0 Å². The molecule has 0 fully saturated rings. The SMILES string of the molecule is CNc1ccc(S(=O)(=O)Nc2cnoc2)cn1. The zero-order chi connectivity index (χ0) is 12.3. The molecule has 0 aliphatic heterocycles. The summed E-state index contributed by atoms with van der Waals surface area (Å²) in [6.07, 6.45) is 3.74. The molecular formula is C9H10N4O3S. The van der Waals surface area contributed by atoms with Crippen LogP contribution < -0.4 is 10.0 Å². The molecule has 0 aliphatic carbocycles. The minimum Gasteiger partial charge on any atom is -0.373 e. The fraction of sp³-hybridized carbons (Fsp3) is 0.111. The fourth-order valence-corrected chi connectivity index (χ4v) is 2.12. The Morgan fingerprint density at radius 1 is 1.29 bits per heavy atom. The van der Waals surface area contributed by atoms with Gasteiger partial charge in [0, 0.05) is 13.2 Å². The molecule has 0 radical (unpaired) electrons. The smallest absolute Gasteiger partial charge is 0.263 e. The zero-order valence-corrected chi connectivity index (χ0v) is 9.73. The lowest BCUT2D eigenvalue weighted by atomic mass is 10.5. The van der Waals surface area contributed by atoms with E-state index in [-0.39, 0.29) is 10.6 Å². The van der Waals surface area contributed by atoms with E-state index in [0.717, 1.165) is 0 Å². The quantitative estimate of drug-likeness (QED) is 0.841. The Kier molecular flexibility index (Phi) is 2.96. The number of sulfonamides is 1. The highest BCUT2D eigenvalue weighted by Gasteiger charge is 2.15. The van der Waals surface area contributed by atoms with Gasteiger partial charge in [-0.25, -0.2) is 13.4 Å². The van der Waals surface area contributed by atoms with Crippen LogP contribution in [-0.2, 0) is 10.0 Å². The fourth-order valence-electron chi connectivity index (χ4n) is 1.16. The Balaban J connectivity index is 2.25. The van der Waals surface area contributed by atoms with Crippen LogP contribution in [-0.4, -0.2) is 25.6 Å². The first-order valence-electron chi connectivity index (χ1n) is 4.68. The lowest BCUT2D eigenvalue weighted by molar-refractivity contribution is 0.420. The Hall–Kier alpha value is -2.09. The van der Waals surface area contributed by atoms with Crippen molar-refractivity contribution < 1.29 is 12.9 Å². The second kappa shape index (κ2) is 4.42. The van der Waals surface area contributed by atoms with Crippen molar-refractivity contribution in [2.45, 2.75) is 4.90 Å². The van der Waals surface area contributed by atoms with Gasteiger partial charge in [-0.1, -0.05) is 5.16 Å². The second-order valence-electron chi connectivity index (χ2n) is 3.15. The molecule has 0 aliphatic rings. The van der Waals surface area contributed by atoms with Crippen LogP contribution in [0.4, 0.5) is 11.5 Å². The molecule has 90 valence electrons. The first kappa shape index (κ1) is 11.4. The van der Waals surface area contributed by atoms with E-state index in [1.54, 1.807) is 13.1 Å². The summed E-state index contributed by atoms with van der Waals surface area (Å²) in [4.78, 5) is 3.99. The van der Waals surface area contributed by atoms with E-state index in [1.165, 1.54) is 24.7 Å². The molecule has 8 heteroatoms. The number of hydrogen-bond donors (Lipinski definition) is 2. The Morgan fingerprint density at radius 3 is 2.65 bits per heavy atom. The molecule has 0 bridgehead atoms. The van der Waals surface area contributed by atoms with Crippen LogP contribution in [0.5, 0.6) is 0 Å². The molecule has 2 rings (SSSR count). The molecule has 0 spiro atoms. The number of hydrogen-bond acceptors (Lipinski definition) is 6. The third-order valence-electron chi connectivity index (χ3n) is 1.99. The van der Waals surface area contributed by atoms with Gasteiger partial charge < -0.3 is 9.84 Å². The molecule has 7 nitrogen and oxygen atoms in total. The number of rotatable bonds is 4. The number of nitrogens with zero attached hydrogens (tertiary/aromatic N) is 2. The summed E-state index contributed by atoms with van der Waals surface area (Å²) >= 11 is 0. The minimum atomic E-state index is -3.65. The van der Waals surface area contributed by atoms with Crippen LogP contribution in [0, 0.1) is 0 Å². The molecule has 0 saturated carbocycles. The van der Waals surface area contributed by atoms with Gasteiger partial charge >= 0.3 is 0 Å². The van der Waals surface area contributed by atoms with E-state index in [9.17, 15) is 8.42 Å². The third-order valence-corrected chi connectivity index (χ3v) is 3.35. The minimum absolute atomic E-state index is 0.0673. The highest BCUT2D eigenvalue weighted by atomic mass is 32.2. The van der Waals surface area contributed by atoms with Gasteiger partial charge in [0.05, 0.1) is 6.20 Å².